The maximum absolute atomic E-state index is 13.7. The first kappa shape index (κ1) is 22.9. The fraction of sp³-hybridized carbons (Fsp3) is 0.526. The molecule has 2 aromatic heterocycles. The zero-order valence-electron chi connectivity index (χ0n) is 16.6. The largest absolute Gasteiger partial charge is 0.490 e. The molecule has 4 rings (SSSR count). The van der Waals surface area contributed by atoms with Crippen molar-refractivity contribution < 1.29 is 41.5 Å². The number of carboxylic acids is 1. The van der Waals surface area contributed by atoms with Crippen LogP contribution in [0.15, 0.2) is 28.9 Å². The van der Waals surface area contributed by atoms with Crippen LogP contribution in [0.4, 0.5) is 17.6 Å². The first-order chi connectivity index (χ1) is 14.6. The average molecular weight is 447 g/mol. The van der Waals surface area contributed by atoms with Gasteiger partial charge in [0, 0.05) is 43.2 Å². The highest BCUT2D eigenvalue weighted by molar-refractivity contribution is 5.73. The van der Waals surface area contributed by atoms with E-state index in [0.717, 1.165) is 31.1 Å². The van der Waals surface area contributed by atoms with Gasteiger partial charge in [-0.2, -0.15) is 13.2 Å². The van der Waals surface area contributed by atoms with E-state index in [1.165, 1.54) is 12.3 Å². The van der Waals surface area contributed by atoms with Gasteiger partial charge in [-0.05, 0) is 19.1 Å². The molecule has 0 unspecified atom stereocenters. The third-order valence-corrected chi connectivity index (χ3v) is 5.12. The highest BCUT2D eigenvalue weighted by Gasteiger charge is 2.51. The van der Waals surface area contributed by atoms with E-state index in [0.29, 0.717) is 25.7 Å². The lowest BCUT2D eigenvalue weighted by atomic mass is 9.82. The quantitative estimate of drug-likeness (QED) is 0.699. The summed E-state index contributed by atoms with van der Waals surface area (Å²) in [6.07, 6.45) is -3.55. The van der Waals surface area contributed by atoms with Crippen LogP contribution in [0.25, 0.3) is 0 Å². The Bertz CT molecular complexity index is 907. The van der Waals surface area contributed by atoms with Gasteiger partial charge in [0.05, 0.1) is 25.5 Å². The molecular weight excluding hydrogens is 426 g/mol. The van der Waals surface area contributed by atoms with Crippen LogP contribution in [0.5, 0.6) is 5.88 Å². The zero-order chi connectivity index (χ0) is 22.6. The fourth-order valence-corrected chi connectivity index (χ4v) is 3.68. The Kier molecular flexibility index (Phi) is 6.80. The number of hydrogen-bond donors (Lipinski definition) is 1. The summed E-state index contributed by atoms with van der Waals surface area (Å²) in [6, 6.07) is 4.87. The summed E-state index contributed by atoms with van der Waals surface area (Å²) < 4.78 is 62.0. The maximum Gasteiger partial charge on any atom is 0.490 e. The molecule has 0 spiro atoms. The van der Waals surface area contributed by atoms with Crippen LogP contribution in [0.3, 0.4) is 0 Å². The van der Waals surface area contributed by atoms with Gasteiger partial charge in [0.1, 0.15) is 5.76 Å². The predicted molar refractivity (Wildman–Crippen MR) is 96.6 cm³/mol. The van der Waals surface area contributed by atoms with Gasteiger partial charge in [0.15, 0.2) is 5.82 Å². The van der Waals surface area contributed by atoms with E-state index in [9.17, 15) is 17.6 Å². The second kappa shape index (κ2) is 9.18. The number of hydrogen-bond acceptors (Lipinski definition) is 7. The highest BCUT2D eigenvalue weighted by atomic mass is 19.4. The van der Waals surface area contributed by atoms with Crippen LogP contribution in [0.2, 0.25) is 0 Å². The standard InChI is InChI=1S/C17H20FN3O3.C2HF3O2/c1-12-5-14(20-24-12)7-21-6-13-8-22-10-17(13,9-21)11-23-16-15(18)3-2-4-19-16;3-2(4,5)1(6)7/h2-5,13H,6-11H2,1H3;(H,6,7)/t13-,17+;/m1./s1. The van der Waals surface area contributed by atoms with Crippen molar-refractivity contribution in [3.05, 3.63) is 41.7 Å². The minimum Gasteiger partial charge on any atom is -0.475 e. The number of carbonyl (C=O) groups is 1. The van der Waals surface area contributed by atoms with Crippen molar-refractivity contribution in [2.24, 2.45) is 11.3 Å². The predicted octanol–water partition coefficient (Wildman–Crippen LogP) is 2.68. The maximum atomic E-state index is 13.7. The first-order valence-electron chi connectivity index (χ1n) is 9.35. The molecule has 4 heterocycles. The molecule has 2 aromatic rings. The molecule has 0 aromatic carbocycles. The Labute approximate surface area is 174 Å². The van der Waals surface area contributed by atoms with Crippen LogP contribution in [0.1, 0.15) is 11.5 Å². The molecule has 0 amide bonds. The lowest BCUT2D eigenvalue weighted by Crippen LogP contribution is -2.37. The van der Waals surface area contributed by atoms with E-state index in [2.05, 4.69) is 15.0 Å². The van der Waals surface area contributed by atoms with Gasteiger partial charge >= 0.3 is 12.1 Å². The van der Waals surface area contributed by atoms with E-state index in [-0.39, 0.29) is 11.3 Å². The van der Waals surface area contributed by atoms with Gasteiger partial charge in [0.25, 0.3) is 0 Å². The number of carboxylic acid groups (broad SMARTS) is 1. The molecule has 0 aliphatic carbocycles. The van der Waals surface area contributed by atoms with Crippen LogP contribution < -0.4 is 4.74 Å². The molecule has 2 atom stereocenters. The van der Waals surface area contributed by atoms with Crippen LogP contribution in [-0.4, -0.2) is 65.2 Å². The molecule has 1 N–H and O–H groups in total. The summed E-state index contributed by atoms with van der Waals surface area (Å²) in [5.41, 5.74) is 0.808. The molecule has 2 saturated heterocycles. The van der Waals surface area contributed by atoms with Gasteiger partial charge < -0.3 is 19.1 Å². The number of alkyl halides is 3. The number of aryl methyl sites for hydroxylation is 1. The SMILES string of the molecule is Cc1cc(CN2C[C@@H]3COC[C@]3(COc3ncccc3F)C2)no1.O=C(O)C(F)(F)F. The summed E-state index contributed by atoms with van der Waals surface area (Å²) in [5.74, 6) is -1.94. The van der Waals surface area contributed by atoms with Crippen molar-refractivity contribution in [2.45, 2.75) is 19.6 Å². The van der Waals surface area contributed by atoms with E-state index in [4.69, 9.17) is 23.9 Å². The number of likely N-dealkylation sites (tertiary alicyclic amines) is 1. The zero-order valence-corrected chi connectivity index (χ0v) is 16.6. The number of nitrogens with zero attached hydrogens (tertiary/aromatic N) is 3. The number of halogens is 4. The lowest BCUT2D eigenvalue weighted by Gasteiger charge is -2.26. The topological polar surface area (TPSA) is 97.9 Å². The van der Waals surface area contributed by atoms with E-state index in [1.54, 1.807) is 6.07 Å². The smallest absolute Gasteiger partial charge is 0.475 e. The van der Waals surface area contributed by atoms with Crippen LogP contribution in [-0.2, 0) is 16.1 Å². The molecular formula is C19H21F4N3O5. The van der Waals surface area contributed by atoms with Gasteiger partial charge in [-0.1, -0.05) is 5.16 Å². The number of fused-ring (bicyclic) bond motifs is 1. The molecule has 2 fully saturated rings. The van der Waals surface area contributed by atoms with Crippen molar-refractivity contribution in [2.75, 3.05) is 32.9 Å². The van der Waals surface area contributed by atoms with Gasteiger partial charge in [-0.25, -0.2) is 14.2 Å². The Morgan fingerprint density at radius 1 is 1.45 bits per heavy atom. The number of aliphatic carboxylic acids is 1. The minimum atomic E-state index is -5.08. The Morgan fingerprint density at radius 3 is 2.81 bits per heavy atom. The van der Waals surface area contributed by atoms with E-state index in [1.807, 2.05) is 13.0 Å². The number of aromatic nitrogens is 2. The average Bonchev–Trinajstić information content (AvgIpc) is 3.35. The molecule has 8 nitrogen and oxygen atoms in total. The Morgan fingerprint density at radius 2 is 2.19 bits per heavy atom. The van der Waals surface area contributed by atoms with E-state index < -0.39 is 18.0 Å². The van der Waals surface area contributed by atoms with Crippen molar-refractivity contribution in [3.63, 3.8) is 0 Å². The van der Waals surface area contributed by atoms with Gasteiger partial charge in [-0.15, -0.1) is 0 Å². The second-order valence-corrected chi connectivity index (χ2v) is 7.55. The summed E-state index contributed by atoms with van der Waals surface area (Å²) in [6.45, 7) is 6.12. The number of pyridine rings is 1. The van der Waals surface area contributed by atoms with Crippen LogP contribution >= 0.6 is 0 Å². The monoisotopic (exact) mass is 447 g/mol. The molecule has 2 aliphatic heterocycles. The molecule has 0 saturated carbocycles. The normalized spacial score (nSPS) is 23.2. The minimum absolute atomic E-state index is 0.0584. The van der Waals surface area contributed by atoms with Gasteiger partial charge in [0.2, 0.25) is 5.88 Å². The number of rotatable bonds is 5. The van der Waals surface area contributed by atoms with Crippen LogP contribution in [0, 0.1) is 24.1 Å². The first-order valence-corrected chi connectivity index (χ1v) is 9.35. The Hall–Kier alpha value is -2.73. The molecule has 0 radical (unpaired) electrons. The Balaban J connectivity index is 0.000000339. The summed E-state index contributed by atoms with van der Waals surface area (Å²) in [7, 11) is 0. The summed E-state index contributed by atoms with van der Waals surface area (Å²) in [5, 5.41) is 11.2. The molecule has 0 bridgehead atoms. The number of ether oxygens (including phenoxy) is 2. The fourth-order valence-electron chi connectivity index (χ4n) is 3.68. The molecule has 170 valence electrons. The van der Waals surface area contributed by atoms with Crippen molar-refractivity contribution in [1.29, 1.82) is 0 Å². The van der Waals surface area contributed by atoms with E-state index >= 15 is 0 Å². The van der Waals surface area contributed by atoms with Crippen molar-refractivity contribution >= 4 is 5.97 Å². The second-order valence-electron chi connectivity index (χ2n) is 7.55. The van der Waals surface area contributed by atoms with Crippen molar-refractivity contribution in [3.8, 4) is 5.88 Å². The van der Waals surface area contributed by atoms with Crippen molar-refractivity contribution in [1.82, 2.24) is 15.0 Å². The molecule has 2 aliphatic rings. The highest BCUT2D eigenvalue weighted by Crippen LogP contribution is 2.42. The third-order valence-electron chi connectivity index (χ3n) is 5.12. The third kappa shape index (κ3) is 5.70. The van der Waals surface area contributed by atoms with Gasteiger partial charge in [-0.3, -0.25) is 4.90 Å². The lowest BCUT2D eigenvalue weighted by molar-refractivity contribution is -0.192. The summed E-state index contributed by atoms with van der Waals surface area (Å²) in [4.78, 5) is 15.2. The molecule has 12 heteroatoms. The summed E-state index contributed by atoms with van der Waals surface area (Å²) >= 11 is 0. The molecule has 31 heavy (non-hydrogen) atoms.